The summed E-state index contributed by atoms with van der Waals surface area (Å²) in [6.45, 7) is 6.45. The predicted molar refractivity (Wildman–Crippen MR) is 514 cm³/mol. The van der Waals surface area contributed by atoms with Crippen molar-refractivity contribution in [2.75, 3.05) is 56.2 Å². The van der Waals surface area contributed by atoms with E-state index < -0.39 is 11.7 Å². The highest BCUT2D eigenvalue weighted by Gasteiger charge is 2.40. The van der Waals surface area contributed by atoms with Crippen molar-refractivity contribution in [3.63, 3.8) is 0 Å². The zero-order chi connectivity index (χ0) is 89.4. The molecule has 15 heterocycles. The van der Waals surface area contributed by atoms with Gasteiger partial charge < -0.3 is 27.8 Å². The summed E-state index contributed by atoms with van der Waals surface area (Å²) in [5.41, 5.74) is 45.6. The number of benzene rings is 6. The maximum Gasteiger partial charge on any atom is 0.417 e. The molecule has 0 amide bonds. The number of piperazine rings is 1. The Morgan fingerprint density at radius 1 is 0.333 bits per heavy atom. The minimum absolute atomic E-state index is 0.0461. The van der Waals surface area contributed by atoms with E-state index in [4.69, 9.17) is 57.8 Å². The van der Waals surface area contributed by atoms with E-state index in [1.807, 2.05) is 102 Å². The number of alkyl halides is 3. The van der Waals surface area contributed by atoms with E-state index in [0.717, 1.165) is 185 Å². The molecule has 25 rings (SSSR count). The fourth-order valence-corrected chi connectivity index (χ4v) is 19.1. The zero-order valence-electron chi connectivity index (χ0n) is 72.8. The number of rotatable bonds is 13. The number of aromatic nitrogens is 18. The molecule has 24 nitrogen and oxygen atoms in total. The molecule has 0 atom stereocenters. The van der Waals surface area contributed by atoms with Crippen molar-refractivity contribution in [3.8, 4) is 90.2 Å². The van der Waals surface area contributed by atoms with Crippen molar-refractivity contribution in [1.29, 1.82) is 0 Å². The highest BCUT2D eigenvalue weighted by molar-refractivity contribution is 5.97. The minimum atomic E-state index is -4.53. The van der Waals surface area contributed by atoms with Crippen LogP contribution in [0.25, 0.3) is 156 Å². The zero-order valence-corrected chi connectivity index (χ0v) is 72.8. The first-order valence-electron chi connectivity index (χ1n) is 45.1. The Labute approximate surface area is 757 Å². The lowest BCUT2D eigenvalue weighted by atomic mass is 9.78. The number of likely N-dealkylation sites (N-methyl/N-ethyl adjacent to an activating group) is 1. The highest BCUT2D eigenvalue weighted by atomic mass is 19.4. The number of nitrogens with zero attached hydrogens (tertiary/aromatic N) is 20. The number of nitrogen functional groups attached to an aromatic ring is 4. The largest absolute Gasteiger partial charge is 0.417 e. The van der Waals surface area contributed by atoms with Gasteiger partial charge in [-0.15, -0.1) is 0 Å². The van der Waals surface area contributed by atoms with Gasteiger partial charge in [-0.25, -0.2) is 59.8 Å². The third-order valence-corrected chi connectivity index (χ3v) is 27.0. The molecule has 654 valence electrons. The fraction of sp³-hybridized carbons (Fsp3) is 0.219. The molecule has 0 unspecified atom stereocenters. The molecule has 8 N–H and O–H groups in total. The molecular weight excluding hydrogens is 1650 g/mol. The second-order valence-electron chi connectivity index (χ2n) is 35.2. The lowest BCUT2D eigenvalue weighted by Crippen LogP contribution is -2.52. The summed E-state index contributed by atoms with van der Waals surface area (Å²) >= 11 is 0. The van der Waals surface area contributed by atoms with Crippen LogP contribution in [0.4, 0.5) is 36.4 Å². The van der Waals surface area contributed by atoms with E-state index in [2.05, 4.69) is 157 Å². The Balaban J connectivity index is 0.000000104. The Kier molecular flexibility index (Phi) is 21.4. The number of hydrogen-bond acceptors (Lipinski definition) is 20. The maximum absolute atomic E-state index is 14.1. The molecule has 5 aliphatic rings. The molecule has 20 aromatic rings. The summed E-state index contributed by atoms with van der Waals surface area (Å²) in [5, 5.41) is 3.36. The highest BCUT2D eigenvalue weighted by Crippen LogP contribution is 2.47. The van der Waals surface area contributed by atoms with Crippen LogP contribution in [0.15, 0.2) is 268 Å². The summed E-state index contributed by atoms with van der Waals surface area (Å²) < 4.78 is 50.8. The van der Waals surface area contributed by atoms with Crippen molar-refractivity contribution < 1.29 is 13.2 Å². The molecule has 5 fully saturated rings. The Hall–Kier alpha value is -15.4. The van der Waals surface area contributed by atoms with Crippen LogP contribution in [0.5, 0.6) is 0 Å². The number of fused-ring (bicyclic) bond motifs is 8. The molecule has 1 saturated heterocycles. The van der Waals surface area contributed by atoms with Gasteiger partial charge in [0.2, 0.25) is 0 Å². The minimum Gasteiger partial charge on any atom is -0.382 e. The van der Waals surface area contributed by atoms with Crippen LogP contribution < -0.4 is 22.9 Å². The van der Waals surface area contributed by atoms with E-state index in [9.17, 15) is 13.2 Å². The first kappa shape index (κ1) is 82.3. The van der Waals surface area contributed by atoms with E-state index in [0.29, 0.717) is 69.4 Å². The third kappa shape index (κ3) is 15.5. The van der Waals surface area contributed by atoms with Crippen molar-refractivity contribution in [2.45, 2.75) is 113 Å². The predicted octanol–water partition coefficient (Wildman–Crippen LogP) is 21.2. The molecule has 0 bridgehead atoms. The molecule has 1 aliphatic heterocycles. The number of hydrogen-bond donors (Lipinski definition) is 4. The van der Waals surface area contributed by atoms with Crippen LogP contribution in [0.1, 0.15) is 129 Å². The first-order chi connectivity index (χ1) is 64.5. The Morgan fingerprint density at radius 3 is 1.17 bits per heavy atom. The molecule has 0 spiro atoms. The first-order valence-corrected chi connectivity index (χ1v) is 45.1. The summed E-state index contributed by atoms with van der Waals surface area (Å²) in [5.74, 6) is 7.75. The normalized spacial score (nSPS) is 16.2. The van der Waals surface area contributed by atoms with Crippen LogP contribution in [0, 0.1) is 6.92 Å². The molecule has 132 heavy (non-hydrogen) atoms. The van der Waals surface area contributed by atoms with E-state index in [1.54, 1.807) is 73.6 Å². The number of anilines is 4. The van der Waals surface area contributed by atoms with E-state index >= 15 is 0 Å². The fourth-order valence-electron chi connectivity index (χ4n) is 19.1. The van der Waals surface area contributed by atoms with Crippen LogP contribution in [0.3, 0.4) is 0 Å². The van der Waals surface area contributed by atoms with Gasteiger partial charge in [-0.05, 0) is 144 Å². The number of aryl methyl sites for hydroxylation is 1. The molecule has 27 heteroatoms. The smallest absolute Gasteiger partial charge is 0.382 e. The van der Waals surface area contributed by atoms with Gasteiger partial charge in [0, 0.05) is 185 Å². The lowest BCUT2D eigenvalue weighted by Gasteiger charge is -2.45. The average molecular weight is 1750 g/mol. The SMILES string of the molecule is CN1CCN(C2CC(c3nc(-c4ccc5c(C(F)(F)F)cc(-c6ccccc6)nc5c4)c4c(N)nccn34)C2)CC1.Cc1cc(-c2ccccc2)nc2cc(-c3nc(C4CCC4)n4ccnc(N)c34)ccc12.Nc1nccn2c(C3CCC3)nc(-c3ccc4ccc(-c5ccccn5)nc4c3)c12.Nc1nccn2c(C3CCC3)nc(-c3ccc4ccc(-c5cccnc5)nc4c3)c12. The van der Waals surface area contributed by atoms with Crippen molar-refractivity contribution in [1.82, 2.24) is 97.2 Å². The van der Waals surface area contributed by atoms with Gasteiger partial charge in [-0.2, -0.15) is 13.2 Å². The van der Waals surface area contributed by atoms with E-state index in [1.165, 1.54) is 69.4 Å². The van der Waals surface area contributed by atoms with Gasteiger partial charge in [0.05, 0.1) is 56.1 Å². The Morgan fingerprint density at radius 2 is 0.735 bits per heavy atom. The maximum atomic E-state index is 14.1. The van der Waals surface area contributed by atoms with Crippen LogP contribution in [0.2, 0.25) is 0 Å². The molecular formula is C105H93F3N24. The van der Waals surface area contributed by atoms with Crippen molar-refractivity contribution in [2.24, 2.45) is 0 Å². The summed E-state index contributed by atoms with van der Waals surface area (Å²) in [4.78, 5) is 70.4. The van der Waals surface area contributed by atoms with Gasteiger partial charge in [0.1, 0.15) is 91.4 Å². The summed E-state index contributed by atoms with van der Waals surface area (Å²) in [6, 6.07) is 64.8. The quantitative estimate of drug-likeness (QED) is 0.0833. The van der Waals surface area contributed by atoms with E-state index in [-0.39, 0.29) is 22.5 Å². The average Bonchev–Trinajstić information content (AvgIpc) is 1.76. The van der Waals surface area contributed by atoms with Gasteiger partial charge >= 0.3 is 6.18 Å². The van der Waals surface area contributed by atoms with Crippen LogP contribution in [-0.4, -0.2) is 136 Å². The topological polar surface area (TPSA) is 309 Å². The summed E-state index contributed by atoms with van der Waals surface area (Å²) in [6.07, 6.45) is 28.4. The van der Waals surface area contributed by atoms with Crippen molar-refractivity contribution in [3.05, 3.63) is 303 Å². The van der Waals surface area contributed by atoms with Crippen LogP contribution in [-0.2, 0) is 6.18 Å². The number of nitrogens with two attached hydrogens (primary N) is 4. The summed E-state index contributed by atoms with van der Waals surface area (Å²) in [7, 11) is 2.16. The molecule has 4 saturated carbocycles. The van der Waals surface area contributed by atoms with Gasteiger partial charge in [0.15, 0.2) is 0 Å². The molecule has 6 aromatic carbocycles. The van der Waals surface area contributed by atoms with Crippen molar-refractivity contribution >= 4 is 88.9 Å². The Bertz CT molecular complexity index is 7550. The number of pyridine rings is 6. The number of imidazole rings is 4. The number of halogens is 3. The second kappa shape index (κ2) is 34.3. The van der Waals surface area contributed by atoms with Gasteiger partial charge in [-0.1, -0.05) is 147 Å². The van der Waals surface area contributed by atoms with Gasteiger partial charge in [-0.3, -0.25) is 32.5 Å². The molecule has 4 aliphatic carbocycles. The lowest BCUT2D eigenvalue weighted by molar-refractivity contribution is -0.136. The van der Waals surface area contributed by atoms with Crippen LogP contribution >= 0.6 is 0 Å². The molecule has 14 aromatic heterocycles. The molecule has 0 radical (unpaired) electrons. The third-order valence-electron chi connectivity index (χ3n) is 27.0. The van der Waals surface area contributed by atoms with Gasteiger partial charge in [0.25, 0.3) is 0 Å². The standard InChI is InChI=1S/C31H30F3N7.C26H23N5.2C24H20N6/c1-39-11-13-40(14-12-39)22-15-21(16-22)30-38-27(28-29(35)36-9-10-41(28)30)20-7-8-23-24(31(32,33)34)18-25(37-26(23)17-20)19-5-3-2-4-6-19;1-16-14-21(17-6-3-2-4-7-17)29-22-15-19(10-11-20(16)22)23-24-25(27)28-12-13-31(24)26(30-23)18-8-5-9-18;25-23-22-21(29-24(16-3-1-4-16)30(22)12-11-27-23)17-7-6-15-8-9-19(28-20(15)13-17)18-5-2-10-26-14-18;25-23-22-21(29-24(16-4-3-5-16)30(22)13-12-27-23)17-8-7-15-9-10-19(28-20(15)14-17)18-6-1-2-11-26-18/h2-10,17-18,21-22H,11-16H2,1H3,(H2,35,36);2-4,6-7,10-15,18H,5,8-9H2,1H3,(H2,27,28);2,5-14,16H,1,3-4H2,(H2,25,27);1-2,6-14,16H,3-5H2,(H2,25,27). The second-order valence-corrected chi connectivity index (χ2v) is 35.2. The monoisotopic (exact) mass is 1750 g/mol.